The number of esters is 1. The lowest BCUT2D eigenvalue weighted by Crippen LogP contribution is -2.25. The van der Waals surface area contributed by atoms with E-state index in [9.17, 15) is 19.2 Å². The Bertz CT molecular complexity index is 3000. The number of ether oxygens (including phenoxy) is 3. The molecule has 5 heterocycles. The normalized spacial score (nSPS) is 11.6. The zero-order chi connectivity index (χ0) is 47.8. The molecule has 2 amide bonds. The van der Waals surface area contributed by atoms with Crippen LogP contribution in [-0.4, -0.2) is 101 Å². The van der Waals surface area contributed by atoms with Crippen molar-refractivity contribution < 1.29 is 33.4 Å². The number of carbonyl (C=O) groups is 4. The van der Waals surface area contributed by atoms with E-state index < -0.39 is 5.91 Å². The third-order valence-corrected chi connectivity index (χ3v) is 11.2. The van der Waals surface area contributed by atoms with Crippen LogP contribution >= 0.6 is 0 Å². The lowest BCUT2D eigenvalue weighted by atomic mass is 10.1. The number of imidazole rings is 1. The van der Waals surface area contributed by atoms with Gasteiger partial charge >= 0.3 is 5.97 Å². The quantitative estimate of drug-likeness (QED) is 0.0285. The predicted octanol–water partition coefficient (Wildman–Crippen LogP) is 5.00. The second-order valence-electron chi connectivity index (χ2n) is 15.9. The number of hydrogen-bond acceptors (Lipinski definition) is 14. The first-order valence-corrected chi connectivity index (χ1v) is 22.2. The first-order chi connectivity index (χ1) is 32.4. The lowest BCUT2D eigenvalue weighted by Gasteiger charge is -2.13. The fourth-order valence-electron chi connectivity index (χ4n) is 8.04. The molecule has 2 aromatic carbocycles. The SMILES string of the molecule is CCn1nc(C)cc1C(=O)CNc1nc2cc(CN)cc(OC)c2n1C/C=C/Cn1c2nc(-c3cc(C)nn3CC)ncc2c2cc(C(N)=O)cc(OCCCNC(=O)CCCC(=O)OC)c21. The van der Waals surface area contributed by atoms with E-state index in [4.69, 9.17) is 35.9 Å². The first kappa shape index (κ1) is 47.4. The number of rotatable bonds is 23. The largest absolute Gasteiger partial charge is 0.494 e. The number of nitrogens with two attached hydrogens (primary N) is 2. The molecule has 0 atom stereocenters. The van der Waals surface area contributed by atoms with Crippen LogP contribution in [0.3, 0.4) is 0 Å². The van der Waals surface area contributed by atoms with Crippen LogP contribution in [0.1, 0.15) is 77.3 Å². The van der Waals surface area contributed by atoms with Crippen LogP contribution in [0.15, 0.2) is 54.7 Å². The van der Waals surface area contributed by atoms with Gasteiger partial charge in [0.15, 0.2) is 11.6 Å². The van der Waals surface area contributed by atoms with Crippen LogP contribution in [0.2, 0.25) is 0 Å². The van der Waals surface area contributed by atoms with Crippen LogP contribution in [0.5, 0.6) is 11.5 Å². The zero-order valence-electron chi connectivity index (χ0n) is 38.7. The van der Waals surface area contributed by atoms with Gasteiger partial charge < -0.3 is 45.4 Å². The maximum absolute atomic E-state index is 13.5. The van der Waals surface area contributed by atoms with Gasteiger partial charge in [-0.2, -0.15) is 10.2 Å². The number of Topliss-reactive ketones (excluding diaryl/α,β-unsaturated/α-hetero) is 1. The van der Waals surface area contributed by atoms with Gasteiger partial charge in [-0.25, -0.2) is 15.0 Å². The van der Waals surface area contributed by atoms with Crippen LogP contribution in [0.25, 0.3) is 44.5 Å². The Hall–Kier alpha value is -7.61. The monoisotopic (exact) mass is 915 g/mol. The van der Waals surface area contributed by atoms with E-state index >= 15 is 0 Å². The number of benzene rings is 2. The van der Waals surface area contributed by atoms with Gasteiger partial charge in [0, 0.05) is 74.6 Å². The molecule has 0 saturated carbocycles. The van der Waals surface area contributed by atoms with Crippen LogP contribution < -0.4 is 31.6 Å². The highest BCUT2D eigenvalue weighted by molar-refractivity contribution is 6.11. The number of nitrogens with zero attached hydrogens (tertiary/aromatic N) is 9. The minimum atomic E-state index is -0.634. The molecule has 67 heavy (non-hydrogen) atoms. The third kappa shape index (κ3) is 10.4. The molecule has 0 fully saturated rings. The lowest BCUT2D eigenvalue weighted by molar-refractivity contribution is -0.140. The molecular formula is C47H57N13O7. The molecule has 352 valence electrons. The molecule has 20 nitrogen and oxygen atoms in total. The number of fused-ring (bicyclic) bond motifs is 4. The van der Waals surface area contributed by atoms with E-state index in [1.54, 1.807) is 36.2 Å². The summed E-state index contributed by atoms with van der Waals surface area (Å²) in [6.07, 6.45) is 6.90. The van der Waals surface area contributed by atoms with Crippen molar-refractivity contribution in [3.05, 3.63) is 83.0 Å². The minimum Gasteiger partial charge on any atom is -0.494 e. The maximum Gasteiger partial charge on any atom is 0.305 e. The van der Waals surface area contributed by atoms with E-state index in [2.05, 4.69) is 25.6 Å². The molecule has 20 heteroatoms. The summed E-state index contributed by atoms with van der Waals surface area (Å²) in [6.45, 7) is 10.3. The zero-order valence-corrected chi connectivity index (χ0v) is 38.7. The molecule has 0 aliphatic heterocycles. The highest BCUT2D eigenvalue weighted by Gasteiger charge is 2.22. The summed E-state index contributed by atoms with van der Waals surface area (Å²) in [4.78, 5) is 64.9. The van der Waals surface area contributed by atoms with Crippen LogP contribution in [0, 0.1) is 13.8 Å². The number of aryl methyl sites for hydroxylation is 4. The van der Waals surface area contributed by atoms with Crippen molar-refractivity contribution in [2.24, 2.45) is 11.5 Å². The van der Waals surface area contributed by atoms with Crippen molar-refractivity contribution in [3.8, 4) is 23.0 Å². The summed E-state index contributed by atoms with van der Waals surface area (Å²) in [5.41, 5.74) is 18.5. The van der Waals surface area contributed by atoms with Crippen molar-refractivity contribution in [2.45, 2.75) is 86.1 Å². The summed E-state index contributed by atoms with van der Waals surface area (Å²) in [7, 11) is 2.91. The van der Waals surface area contributed by atoms with Crippen molar-refractivity contribution in [2.75, 3.05) is 39.2 Å². The van der Waals surface area contributed by atoms with E-state index in [-0.39, 0.29) is 55.8 Å². The average molecular weight is 916 g/mol. The maximum atomic E-state index is 13.5. The number of hydrogen-bond donors (Lipinski definition) is 4. The molecule has 7 rings (SSSR count). The Morgan fingerprint density at radius 3 is 2.28 bits per heavy atom. The standard InChI is InChI=1S/C47H57N13O7/c1-7-59-35(19-28(3)55-59)37(61)27-52-47-53-34-21-30(25-48)22-38(65-5)43(34)58(47)17-10-9-16-57-42-32(33-26-51-45(54-46(33)57)36-20-29(4)56-60(36)8-2)23-31(44(49)64)24-39(42)67-18-12-15-50-40(62)13-11-14-41(63)66-6/h9-10,19-24,26H,7-8,11-18,25,27,48H2,1-6H3,(H2,49,64)(H,50,62)(H,52,53)/b10-9+. The number of amides is 2. The van der Waals surface area contributed by atoms with Gasteiger partial charge in [-0.15, -0.1) is 0 Å². The topological polar surface area (TPSA) is 256 Å². The third-order valence-electron chi connectivity index (χ3n) is 11.2. The second-order valence-corrected chi connectivity index (χ2v) is 15.9. The fourth-order valence-corrected chi connectivity index (χ4v) is 8.04. The minimum absolute atomic E-state index is 0.0242. The average Bonchev–Trinajstić information content (AvgIpc) is 4.09. The highest BCUT2D eigenvalue weighted by Crippen LogP contribution is 2.37. The van der Waals surface area contributed by atoms with Gasteiger partial charge in [0.2, 0.25) is 17.8 Å². The molecule has 0 saturated heterocycles. The Labute approximate surface area is 386 Å². The van der Waals surface area contributed by atoms with E-state index in [0.29, 0.717) is 102 Å². The molecule has 0 unspecified atom stereocenters. The fraction of sp³-hybridized carbons (Fsp3) is 0.383. The summed E-state index contributed by atoms with van der Waals surface area (Å²) < 4.78 is 24.4. The Kier molecular flexibility index (Phi) is 14.9. The summed E-state index contributed by atoms with van der Waals surface area (Å²) >= 11 is 0. The number of allylic oxidation sites excluding steroid dienone is 2. The van der Waals surface area contributed by atoms with Crippen molar-refractivity contribution in [1.82, 2.24) is 49.0 Å². The van der Waals surface area contributed by atoms with Gasteiger partial charge in [-0.1, -0.05) is 12.2 Å². The number of methoxy groups -OCH3 is 2. The Balaban J connectivity index is 1.23. The molecule has 6 N–H and O–H groups in total. The molecule has 0 bridgehead atoms. The molecule has 0 aliphatic carbocycles. The number of carbonyl (C=O) groups excluding carboxylic acids is 4. The van der Waals surface area contributed by atoms with E-state index in [0.717, 1.165) is 28.2 Å². The van der Waals surface area contributed by atoms with Crippen LogP contribution in [0.4, 0.5) is 5.95 Å². The van der Waals surface area contributed by atoms with Gasteiger partial charge in [-0.3, -0.25) is 28.5 Å². The molecule has 7 aromatic rings. The van der Waals surface area contributed by atoms with Crippen molar-refractivity contribution >= 4 is 62.5 Å². The van der Waals surface area contributed by atoms with Crippen molar-refractivity contribution in [1.29, 1.82) is 0 Å². The first-order valence-electron chi connectivity index (χ1n) is 22.2. The predicted molar refractivity (Wildman–Crippen MR) is 253 cm³/mol. The number of ketones is 1. The Morgan fingerprint density at radius 1 is 0.821 bits per heavy atom. The molecule has 5 aromatic heterocycles. The highest BCUT2D eigenvalue weighted by atomic mass is 16.5. The van der Waals surface area contributed by atoms with Gasteiger partial charge in [0.1, 0.15) is 34.1 Å². The number of anilines is 1. The van der Waals surface area contributed by atoms with Gasteiger partial charge in [0.25, 0.3) is 0 Å². The van der Waals surface area contributed by atoms with E-state index in [1.807, 2.05) is 71.9 Å². The van der Waals surface area contributed by atoms with Gasteiger partial charge in [0.05, 0.1) is 49.8 Å². The number of primary amides is 1. The summed E-state index contributed by atoms with van der Waals surface area (Å²) in [5, 5.41) is 16.5. The molecule has 0 radical (unpaired) electrons. The number of aromatic nitrogens is 9. The molecule has 0 aliphatic rings. The number of nitrogens with one attached hydrogen (secondary N) is 2. The Morgan fingerprint density at radius 2 is 1.57 bits per heavy atom. The second kappa shape index (κ2) is 21.1. The van der Waals surface area contributed by atoms with Crippen molar-refractivity contribution in [3.63, 3.8) is 0 Å². The van der Waals surface area contributed by atoms with Crippen LogP contribution in [-0.2, 0) is 47.0 Å². The summed E-state index contributed by atoms with van der Waals surface area (Å²) in [6, 6.07) is 10.8. The van der Waals surface area contributed by atoms with E-state index in [1.165, 1.54) is 7.11 Å². The van der Waals surface area contributed by atoms with Gasteiger partial charge in [-0.05, 0) is 82.5 Å². The molecular weight excluding hydrogens is 859 g/mol. The smallest absolute Gasteiger partial charge is 0.305 e. The molecule has 0 spiro atoms. The summed E-state index contributed by atoms with van der Waals surface area (Å²) in [5.74, 6) is 0.596.